The molecule has 2 N–H and O–H groups in total. The molecule has 0 aliphatic carbocycles. The van der Waals surface area contributed by atoms with Crippen LogP contribution in [0.25, 0.3) is 0 Å². The molecule has 0 saturated carbocycles. The van der Waals surface area contributed by atoms with Gasteiger partial charge in [-0.1, -0.05) is 13.8 Å². The van der Waals surface area contributed by atoms with Crippen LogP contribution in [0.15, 0.2) is 12.5 Å². The van der Waals surface area contributed by atoms with E-state index in [9.17, 15) is 5.11 Å². The van der Waals surface area contributed by atoms with Crippen LogP contribution in [0.5, 0.6) is 0 Å². The van der Waals surface area contributed by atoms with Crippen LogP contribution >= 0.6 is 0 Å². The third-order valence-corrected chi connectivity index (χ3v) is 3.56. The molecule has 1 aromatic rings. The molecule has 92 valence electrons. The van der Waals surface area contributed by atoms with Gasteiger partial charge >= 0.3 is 0 Å². The van der Waals surface area contributed by atoms with Crippen molar-refractivity contribution in [3.63, 3.8) is 0 Å². The average Bonchev–Trinajstić information content (AvgIpc) is 2.71. The number of aryl methyl sites for hydroxylation is 1. The number of nitrogens with zero attached hydrogens (tertiary/aromatic N) is 2. The number of hydrogen-bond donors (Lipinski definition) is 2. The Kier molecular flexibility index (Phi) is 4.96. The van der Waals surface area contributed by atoms with Crippen molar-refractivity contribution in [2.75, 3.05) is 13.2 Å². The maximum Gasteiger partial charge on any atom is 0.0945 e. The minimum Gasteiger partial charge on any atom is -0.396 e. The molecule has 4 heteroatoms. The Balaban J connectivity index is 2.42. The maximum atomic E-state index is 9.43. The monoisotopic (exact) mass is 225 g/mol. The van der Waals surface area contributed by atoms with Crippen molar-refractivity contribution >= 4 is 0 Å². The Morgan fingerprint density at radius 2 is 2.12 bits per heavy atom. The Labute approximate surface area is 97.7 Å². The summed E-state index contributed by atoms with van der Waals surface area (Å²) in [6.45, 7) is 6.16. The molecular formula is C12H23N3O. The summed E-state index contributed by atoms with van der Waals surface area (Å²) >= 11 is 0. The summed E-state index contributed by atoms with van der Waals surface area (Å²) in [4.78, 5) is 4.07. The first kappa shape index (κ1) is 13.2. The quantitative estimate of drug-likeness (QED) is 0.735. The average molecular weight is 225 g/mol. The van der Waals surface area contributed by atoms with Gasteiger partial charge in [0.2, 0.25) is 0 Å². The predicted molar refractivity (Wildman–Crippen MR) is 65.0 cm³/mol. The zero-order valence-corrected chi connectivity index (χ0v) is 10.5. The fourth-order valence-corrected chi connectivity index (χ4v) is 1.79. The van der Waals surface area contributed by atoms with Gasteiger partial charge < -0.3 is 15.0 Å². The van der Waals surface area contributed by atoms with Gasteiger partial charge in [-0.3, -0.25) is 0 Å². The summed E-state index contributed by atoms with van der Waals surface area (Å²) in [6.07, 6.45) is 5.66. The molecule has 1 heterocycles. The van der Waals surface area contributed by atoms with E-state index in [1.165, 1.54) is 5.69 Å². The highest BCUT2D eigenvalue weighted by Crippen LogP contribution is 2.24. The van der Waals surface area contributed by atoms with E-state index in [1.807, 2.05) is 17.8 Å². The van der Waals surface area contributed by atoms with E-state index in [0.717, 1.165) is 25.9 Å². The largest absolute Gasteiger partial charge is 0.396 e. The van der Waals surface area contributed by atoms with Gasteiger partial charge in [0.15, 0.2) is 0 Å². The first-order valence-electron chi connectivity index (χ1n) is 5.94. The van der Waals surface area contributed by atoms with Crippen LogP contribution in [0.1, 0.15) is 32.4 Å². The Hall–Kier alpha value is -0.870. The molecule has 0 aliphatic heterocycles. The van der Waals surface area contributed by atoms with Crippen molar-refractivity contribution in [1.82, 2.24) is 14.9 Å². The van der Waals surface area contributed by atoms with E-state index in [1.54, 1.807) is 6.33 Å². The van der Waals surface area contributed by atoms with Crippen molar-refractivity contribution in [2.45, 2.75) is 33.2 Å². The number of nitrogens with one attached hydrogen (secondary N) is 1. The van der Waals surface area contributed by atoms with Gasteiger partial charge in [0.1, 0.15) is 0 Å². The predicted octanol–water partition coefficient (Wildman–Crippen LogP) is 1.31. The lowest BCUT2D eigenvalue weighted by atomic mass is 9.83. The van der Waals surface area contributed by atoms with Crippen LogP contribution in [0, 0.1) is 5.41 Å². The number of aliphatic hydroxyl groups excluding tert-OH is 1. The number of aliphatic hydroxyl groups is 1. The van der Waals surface area contributed by atoms with Gasteiger partial charge in [0.05, 0.1) is 12.0 Å². The molecule has 1 aromatic heterocycles. The fraction of sp³-hybridized carbons (Fsp3) is 0.750. The van der Waals surface area contributed by atoms with Crippen molar-refractivity contribution in [2.24, 2.45) is 12.5 Å². The van der Waals surface area contributed by atoms with E-state index in [-0.39, 0.29) is 12.0 Å². The molecule has 1 rings (SSSR count). The van der Waals surface area contributed by atoms with Gasteiger partial charge in [-0.25, -0.2) is 4.98 Å². The molecule has 0 unspecified atom stereocenters. The minimum absolute atomic E-state index is 0.0264. The van der Waals surface area contributed by atoms with Crippen molar-refractivity contribution in [3.8, 4) is 0 Å². The second kappa shape index (κ2) is 6.01. The second-order valence-electron chi connectivity index (χ2n) is 4.46. The highest BCUT2D eigenvalue weighted by molar-refractivity contribution is 4.97. The molecule has 0 saturated heterocycles. The summed E-state index contributed by atoms with van der Waals surface area (Å²) in [5.41, 5.74) is 1.19. The lowest BCUT2D eigenvalue weighted by Gasteiger charge is -2.29. The van der Waals surface area contributed by atoms with Crippen LogP contribution in [-0.2, 0) is 13.6 Å². The smallest absolute Gasteiger partial charge is 0.0945 e. The highest BCUT2D eigenvalue weighted by Gasteiger charge is 2.24. The third kappa shape index (κ3) is 3.06. The zero-order valence-electron chi connectivity index (χ0n) is 10.5. The Morgan fingerprint density at radius 3 is 2.56 bits per heavy atom. The molecule has 0 amide bonds. The molecule has 0 aromatic carbocycles. The van der Waals surface area contributed by atoms with Crippen LogP contribution in [0.2, 0.25) is 0 Å². The maximum absolute atomic E-state index is 9.43. The van der Waals surface area contributed by atoms with Gasteiger partial charge in [-0.2, -0.15) is 0 Å². The molecule has 0 fully saturated rings. The van der Waals surface area contributed by atoms with E-state index in [2.05, 4.69) is 24.1 Å². The summed E-state index contributed by atoms with van der Waals surface area (Å²) < 4.78 is 2.01. The SMILES string of the molecule is CCC(CC)(CO)CNCc1cncn1C. The summed E-state index contributed by atoms with van der Waals surface area (Å²) in [5.74, 6) is 0. The van der Waals surface area contributed by atoms with E-state index < -0.39 is 0 Å². The van der Waals surface area contributed by atoms with Gasteiger partial charge in [-0.15, -0.1) is 0 Å². The minimum atomic E-state index is 0.0264. The Morgan fingerprint density at radius 1 is 1.44 bits per heavy atom. The molecule has 0 atom stereocenters. The molecule has 0 bridgehead atoms. The van der Waals surface area contributed by atoms with Crippen LogP contribution in [-0.4, -0.2) is 27.8 Å². The van der Waals surface area contributed by atoms with Crippen LogP contribution < -0.4 is 5.32 Å². The molecule has 0 spiro atoms. The molecular weight excluding hydrogens is 202 g/mol. The van der Waals surface area contributed by atoms with Crippen molar-refractivity contribution in [3.05, 3.63) is 18.2 Å². The molecule has 0 radical (unpaired) electrons. The molecule has 0 aliphatic rings. The van der Waals surface area contributed by atoms with Gasteiger partial charge in [-0.05, 0) is 12.8 Å². The molecule has 4 nitrogen and oxygen atoms in total. The van der Waals surface area contributed by atoms with Crippen LogP contribution in [0.3, 0.4) is 0 Å². The number of hydrogen-bond acceptors (Lipinski definition) is 3. The van der Waals surface area contributed by atoms with E-state index >= 15 is 0 Å². The number of imidazole rings is 1. The summed E-state index contributed by atoms with van der Waals surface area (Å²) in [7, 11) is 1.99. The first-order chi connectivity index (χ1) is 7.67. The molecule has 16 heavy (non-hydrogen) atoms. The van der Waals surface area contributed by atoms with E-state index in [0.29, 0.717) is 0 Å². The summed E-state index contributed by atoms with van der Waals surface area (Å²) in [6, 6.07) is 0. The second-order valence-corrected chi connectivity index (χ2v) is 4.46. The highest BCUT2D eigenvalue weighted by atomic mass is 16.3. The third-order valence-electron chi connectivity index (χ3n) is 3.56. The van der Waals surface area contributed by atoms with Gasteiger partial charge in [0.25, 0.3) is 0 Å². The number of aromatic nitrogens is 2. The Bertz CT molecular complexity index is 297. The summed E-state index contributed by atoms with van der Waals surface area (Å²) in [5, 5.41) is 12.8. The van der Waals surface area contributed by atoms with Crippen LogP contribution in [0.4, 0.5) is 0 Å². The van der Waals surface area contributed by atoms with Gasteiger partial charge in [0, 0.05) is 38.4 Å². The lowest BCUT2D eigenvalue weighted by Crippen LogP contribution is -2.36. The first-order valence-corrected chi connectivity index (χ1v) is 5.94. The number of rotatable bonds is 7. The van der Waals surface area contributed by atoms with Crippen molar-refractivity contribution in [1.29, 1.82) is 0 Å². The standard InChI is InChI=1S/C12H23N3O/c1-4-12(5-2,9-16)8-13-6-11-7-14-10-15(11)3/h7,10,13,16H,4-6,8-9H2,1-3H3. The zero-order chi connectivity index (χ0) is 12.0. The normalized spacial score (nSPS) is 12.0. The lowest BCUT2D eigenvalue weighted by molar-refractivity contribution is 0.113. The van der Waals surface area contributed by atoms with E-state index in [4.69, 9.17) is 0 Å². The topological polar surface area (TPSA) is 50.1 Å². The van der Waals surface area contributed by atoms with Crippen molar-refractivity contribution < 1.29 is 5.11 Å². The fourth-order valence-electron chi connectivity index (χ4n) is 1.79.